The highest BCUT2D eigenvalue weighted by Crippen LogP contribution is 2.13. The Morgan fingerprint density at radius 3 is 2.58 bits per heavy atom. The van der Waals surface area contributed by atoms with Crippen molar-refractivity contribution in [3.8, 4) is 5.75 Å². The molecular weight excluding hydrogens is 282 g/mol. The lowest BCUT2D eigenvalue weighted by atomic mass is 9.81. The van der Waals surface area contributed by atoms with E-state index in [2.05, 4.69) is 4.98 Å². The summed E-state index contributed by atoms with van der Waals surface area (Å²) in [6, 6.07) is 0.862. The van der Waals surface area contributed by atoms with Crippen molar-refractivity contribution < 1.29 is 26.1 Å². The molecule has 0 saturated heterocycles. The highest BCUT2D eigenvalue weighted by molar-refractivity contribution is 7.91. The predicted octanol–water partition coefficient (Wildman–Crippen LogP) is 1.34. The van der Waals surface area contributed by atoms with Gasteiger partial charge in [0.1, 0.15) is 15.6 Å². The van der Waals surface area contributed by atoms with Crippen LogP contribution in [0.1, 0.15) is 13.3 Å². The molecule has 0 fully saturated rings. The van der Waals surface area contributed by atoms with E-state index in [1.807, 2.05) is 0 Å². The van der Waals surface area contributed by atoms with Crippen molar-refractivity contribution in [2.75, 3.05) is 18.1 Å². The van der Waals surface area contributed by atoms with Gasteiger partial charge in [-0.2, -0.15) is 0 Å². The van der Waals surface area contributed by atoms with Crippen molar-refractivity contribution in [2.24, 2.45) is 0 Å². The Labute approximate surface area is 110 Å². The van der Waals surface area contributed by atoms with Crippen LogP contribution in [0.4, 0.5) is 12.9 Å². The molecule has 0 saturated carbocycles. The average molecular weight is 296 g/mol. The lowest BCUT2D eigenvalue weighted by molar-refractivity contribution is 0.316. The third kappa shape index (κ3) is 5.50. The normalized spacial score (nSPS) is 12.4. The molecule has 0 aliphatic heterocycles. The van der Waals surface area contributed by atoms with Crippen molar-refractivity contribution in [3.05, 3.63) is 18.5 Å². The zero-order valence-corrected chi connectivity index (χ0v) is 11.2. The number of halogens is 3. The number of sulfone groups is 1. The summed E-state index contributed by atoms with van der Waals surface area (Å²) in [6.45, 7) is -3.54. The lowest BCUT2D eigenvalue weighted by Crippen LogP contribution is -2.34. The van der Waals surface area contributed by atoms with E-state index in [-0.39, 0.29) is 30.3 Å². The molecule has 19 heavy (non-hydrogen) atoms. The van der Waals surface area contributed by atoms with Gasteiger partial charge in [0, 0.05) is 11.9 Å². The maximum atomic E-state index is 12.4. The van der Waals surface area contributed by atoms with Crippen LogP contribution in [0.5, 0.6) is 5.75 Å². The molecule has 9 heteroatoms. The predicted molar refractivity (Wildman–Crippen MR) is 67.4 cm³/mol. The van der Waals surface area contributed by atoms with Crippen LogP contribution in [0.3, 0.4) is 0 Å². The first-order valence-corrected chi connectivity index (χ1v) is 7.55. The first-order valence-electron chi connectivity index (χ1n) is 5.73. The fourth-order valence-corrected chi connectivity index (χ4v) is 2.15. The monoisotopic (exact) mass is 296 g/mol. The van der Waals surface area contributed by atoms with Crippen molar-refractivity contribution in [1.29, 1.82) is 0 Å². The quantitative estimate of drug-likeness (QED) is 0.563. The molecule has 1 aromatic heterocycles. The van der Waals surface area contributed by atoms with Gasteiger partial charge in [0.2, 0.25) is 0 Å². The van der Waals surface area contributed by atoms with E-state index in [0.717, 1.165) is 12.3 Å². The summed E-state index contributed by atoms with van der Waals surface area (Å²) in [5.74, 6) is -0.00825. The lowest BCUT2D eigenvalue weighted by Gasteiger charge is -2.15. The maximum Gasteiger partial charge on any atom is 0.511 e. The Morgan fingerprint density at radius 1 is 1.32 bits per heavy atom. The fourth-order valence-electron chi connectivity index (χ4n) is 1.31. The van der Waals surface area contributed by atoms with Crippen LogP contribution < -0.4 is 10.2 Å². The van der Waals surface area contributed by atoms with Gasteiger partial charge in [-0.1, -0.05) is 12.4 Å². The maximum absolute atomic E-state index is 12.4. The minimum absolute atomic E-state index is 0.00871. The highest BCUT2D eigenvalue weighted by atomic mass is 32.2. The van der Waals surface area contributed by atoms with E-state index in [0.29, 0.717) is 0 Å². The second kappa shape index (κ2) is 6.27. The highest BCUT2D eigenvalue weighted by Gasteiger charge is 2.26. The number of ether oxygens (including phenoxy) is 1. The van der Waals surface area contributed by atoms with Crippen LogP contribution in [-0.4, -0.2) is 38.5 Å². The smallest absolute Gasteiger partial charge is 0.492 e. The van der Waals surface area contributed by atoms with E-state index < -0.39 is 22.3 Å². The molecule has 0 aliphatic carbocycles. The standard InChI is InChI=1S/C10H14BF3NO3S/c1-2-19(16,17)5-3-4-18-10-6-9(7-15-8-10)11(12,13)14/h6-8H,2-5H2,1H3/q-1. The van der Waals surface area contributed by atoms with E-state index >= 15 is 0 Å². The van der Waals surface area contributed by atoms with Gasteiger partial charge >= 0.3 is 6.98 Å². The second-order valence-corrected chi connectivity index (χ2v) is 6.44. The van der Waals surface area contributed by atoms with Gasteiger partial charge in [-0.25, -0.2) is 8.42 Å². The van der Waals surface area contributed by atoms with Crippen molar-refractivity contribution in [3.63, 3.8) is 0 Å². The zero-order valence-electron chi connectivity index (χ0n) is 10.4. The van der Waals surface area contributed by atoms with Gasteiger partial charge in [-0.3, -0.25) is 4.98 Å². The summed E-state index contributed by atoms with van der Waals surface area (Å²) in [5, 5.41) is 0. The third-order valence-corrected chi connectivity index (χ3v) is 4.21. The Morgan fingerprint density at radius 2 is 2.00 bits per heavy atom. The van der Waals surface area contributed by atoms with Crippen LogP contribution in [0, 0.1) is 0 Å². The van der Waals surface area contributed by atoms with Crippen LogP contribution >= 0.6 is 0 Å². The molecule has 0 atom stereocenters. The molecule has 0 radical (unpaired) electrons. The summed E-state index contributed by atoms with van der Waals surface area (Å²) in [7, 11) is -3.08. The average Bonchev–Trinajstić information content (AvgIpc) is 2.34. The molecule has 0 spiro atoms. The zero-order chi connectivity index (χ0) is 14.5. The summed E-state index contributed by atoms with van der Waals surface area (Å²) < 4.78 is 64.8. The van der Waals surface area contributed by atoms with Gasteiger partial charge in [-0.05, 0) is 12.5 Å². The van der Waals surface area contributed by atoms with Crippen LogP contribution in [0.15, 0.2) is 18.5 Å². The van der Waals surface area contributed by atoms with Crippen molar-refractivity contribution in [2.45, 2.75) is 13.3 Å². The van der Waals surface area contributed by atoms with Gasteiger partial charge in [-0.15, -0.1) is 0 Å². The molecule has 1 rings (SSSR count). The summed E-state index contributed by atoms with van der Waals surface area (Å²) >= 11 is 0. The number of nitrogens with zero attached hydrogens (tertiary/aromatic N) is 1. The first-order chi connectivity index (χ1) is 8.74. The van der Waals surface area contributed by atoms with E-state index in [9.17, 15) is 21.4 Å². The van der Waals surface area contributed by atoms with Gasteiger partial charge in [0.05, 0.1) is 18.6 Å². The third-order valence-electron chi connectivity index (χ3n) is 2.42. The number of hydrogen-bond donors (Lipinski definition) is 0. The second-order valence-electron chi connectivity index (χ2n) is 3.97. The van der Waals surface area contributed by atoms with E-state index in [4.69, 9.17) is 4.74 Å². The van der Waals surface area contributed by atoms with Gasteiger partial charge in [0.15, 0.2) is 0 Å². The molecule has 1 aromatic rings. The molecule has 4 nitrogen and oxygen atoms in total. The van der Waals surface area contributed by atoms with E-state index in [1.165, 1.54) is 13.1 Å². The Hall–Kier alpha value is -1.25. The Kier molecular flexibility index (Phi) is 5.22. The molecule has 0 bridgehead atoms. The van der Waals surface area contributed by atoms with E-state index in [1.54, 1.807) is 0 Å². The molecule has 0 aliphatic rings. The topological polar surface area (TPSA) is 56.3 Å². The fraction of sp³-hybridized carbons (Fsp3) is 0.500. The molecule has 0 amide bonds. The van der Waals surface area contributed by atoms with Crippen LogP contribution in [0.2, 0.25) is 0 Å². The summed E-state index contributed by atoms with van der Waals surface area (Å²) in [6.07, 6.45) is 2.13. The Balaban J connectivity index is 2.51. The number of aromatic nitrogens is 1. The minimum Gasteiger partial charge on any atom is -0.492 e. The number of rotatable bonds is 7. The Bertz CT molecular complexity index is 519. The first kappa shape index (κ1) is 15.8. The SMILES string of the molecule is CCS(=O)(=O)CCCOc1cncc([B-](F)(F)F)c1. The summed E-state index contributed by atoms with van der Waals surface area (Å²) in [5.41, 5.74) is -0.835. The molecule has 1 heterocycles. The summed E-state index contributed by atoms with van der Waals surface area (Å²) in [4.78, 5) is 3.45. The van der Waals surface area contributed by atoms with Crippen molar-refractivity contribution >= 4 is 22.3 Å². The molecule has 108 valence electrons. The molecule has 0 N–H and O–H groups in total. The molecular formula is C10H14BF3NO3S-. The van der Waals surface area contributed by atoms with Gasteiger partial charge in [0.25, 0.3) is 0 Å². The van der Waals surface area contributed by atoms with Crippen LogP contribution in [-0.2, 0) is 9.84 Å². The number of hydrogen-bond acceptors (Lipinski definition) is 4. The van der Waals surface area contributed by atoms with Crippen LogP contribution in [0.25, 0.3) is 0 Å². The minimum atomic E-state index is -5.11. The molecule has 0 unspecified atom stereocenters. The largest absolute Gasteiger partial charge is 0.511 e. The number of pyridine rings is 1. The van der Waals surface area contributed by atoms with Crippen molar-refractivity contribution in [1.82, 2.24) is 4.98 Å². The molecule has 0 aromatic carbocycles. The van der Waals surface area contributed by atoms with Gasteiger partial charge < -0.3 is 17.7 Å².